The van der Waals surface area contributed by atoms with Gasteiger partial charge < -0.3 is 0 Å². The van der Waals surface area contributed by atoms with E-state index in [1.54, 1.807) is 0 Å². The fourth-order valence-corrected chi connectivity index (χ4v) is 1.65. The highest BCUT2D eigenvalue weighted by Gasteiger charge is 2.03. The first-order valence-electron chi connectivity index (χ1n) is 4.73. The van der Waals surface area contributed by atoms with Crippen LogP contribution >= 0.6 is 12.6 Å². The van der Waals surface area contributed by atoms with Crippen molar-refractivity contribution in [2.24, 2.45) is 0 Å². The third-order valence-electron chi connectivity index (χ3n) is 2.10. The van der Waals surface area contributed by atoms with Crippen LogP contribution in [0.4, 0.5) is 0 Å². The van der Waals surface area contributed by atoms with Crippen LogP contribution in [0.3, 0.4) is 0 Å². The first-order chi connectivity index (χ1) is 6.61. The summed E-state index contributed by atoms with van der Waals surface area (Å²) in [5.74, 6) is 0.389. The molecule has 1 rings (SSSR count). The second-order valence-electron chi connectivity index (χ2n) is 3.55. The summed E-state index contributed by atoms with van der Waals surface area (Å²) in [6, 6.07) is 8.17. The Balaban J connectivity index is 2.84. The van der Waals surface area contributed by atoms with Crippen LogP contribution in [0.25, 0.3) is 0 Å². The van der Waals surface area contributed by atoms with Gasteiger partial charge in [0.25, 0.3) is 0 Å². The lowest BCUT2D eigenvalue weighted by Gasteiger charge is -2.09. The average molecular weight is 204 g/mol. The molecule has 0 aliphatic heterocycles. The summed E-state index contributed by atoms with van der Waals surface area (Å²) in [4.78, 5) is 1.05. The molecule has 0 aliphatic rings. The number of benzene rings is 1. The van der Waals surface area contributed by atoms with Gasteiger partial charge in [-0.25, -0.2) is 0 Å². The predicted octanol–water partition coefficient (Wildman–Crippen LogP) is 4.21. The van der Waals surface area contributed by atoms with E-state index in [2.05, 4.69) is 38.3 Å². The Morgan fingerprint density at radius 1 is 1.43 bits per heavy atom. The molecule has 0 aliphatic carbocycles. The molecule has 0 radical (unpaired) electrons. The van der Waals surface area contributed by atoms with Gasteiger partial charge in [-0.3, -0.25) is 0 Å². The fraction of sp³-hybridized carbons (Fsp3) is 0.231. The molecule has 0 saturated heterocycles. The van der Waals surface area contributed by atoms with Crippen molar-refractivity contribution in [3.05, 3.63) is 54.1 Å². The van der Waals surface area contributed by atoms with Crippen LogP contribution in [-0.2, 0) is 0 Å². The zero-order chi connectivity index (χ0) is 10.6. The molecule has 0 amide bonds. The van der Waals surface area contributed by atoms with Gasteiger partial charge >= 0.3 is 0 Å². The van der Waals surface area contributed by atoms with E-state index in [1.807, 2.05) is 31.2 Å². The van der Waals surface area contributed by atoms with Crippen molar-refractivity contribution < 1.29 is 0 Å². The molecular formula is C13H16S. The second kappa shape index (κ2) is 5.06. The minimum atomic E-state index is 0.389. The molecule has 0 bridgehead atoms. The molecule has 1 aromatic carbocycles. The van der Waals surface area contributed by atoms with E-state index in [-0.39, 0.29) is 0 Å². The number of allylic oxidation sites excluding steroid dienone is 3. The lowest BCUT2D eigenvalue weighted by molar-refractivity contribution is 0.934. The van der Waals surface area contributed by atoms with Gasteiger partial charge in [-0.15, -0.1) is 12.6 Å². The molecule has 1 unspecified atom stereocenters. The maximum Gasteiger partial charge on any atom is 0.00779 e. The first kappa shape index (κ1) is 11.1. The topological polar surface area (TPSA) is 0 Å². The largest absolute Gasteiger partial charge is 0.143 e. The lowest BCUT2D eigenvalue weighted by atomic mass is 10.00. The minimum Gasteiger partial charge on any atom is -0.143 e. The van der Waals surface area contributed by atoms with Crippen LogP contribution in [0.15, 0.2) is 53.5 Å². The van der Waals surface area contributed by atoms with E-state index in [1.165, 1.54) is 5.56 Å². The van der Waals surface area contributed by atoms with Crippen molar-refractivity contribution in [2.45, 2.75) is 24.7 Å². The molecule has 0 heterocycles. The van der Waals surface area contributed by atoms with Crippen molar-refractivity contribution >= 4 is 12.6 Å². The van der Waals surface area contributed by atoms with Gasteiger partial charge in [0.1, 0.15) is 0 Å². The number of thiol groups is 1. The predicted molar refractivity (Wildman–Crippen MR) is 66.1 cm³/mol. The van der Waals surface area contributed by atoms with Gasteiger partial charge in [-0.2, -0.15) is 0 Å². The van der Waals surface area contributed by atoms with Gasteiger partial charge in [0.15, 0.2) is 0 Å². The van der Waals surface area contributed by atoms with E-state index in [9.17, 15) is 0 Å². The van der Waals surface area contributed by atoms with Gasteiger partial charge in [0.05, 0.1) is 0 Å². The fourth-order valence-electron chi connectivity index (χ4n) is 1.28. The van der Waals surface area contributed by atoms with Crippen molar-refractivity contribution in [3.8, 4) is 0 Å². The molecule has 0 nitrogen and oxygen atoms in total. The van der Waals surface area contributed by atoms with E-state index >= 15 is 0 Å². The summed E-state index contributed by atoms with van der Waals surface area (Å²) in [7, 11) is 0. The smallest absolute Gasteiger partial charge is 0.00779 e. The molecule has 74 valence electrons. The molecule has 0 spiro atoms. The van der Waals surface area contributed by atoms with Gasteiger partial charge in [0.2, 0.25) is 0 Å². The molecule has 1 heteroatoms. The highest BCUT2D eigenvalue weighted by molar-refractivity contribution is 7.80. The third kappa shape index (κ3) is 3.08. The maximum atomic E-state index is 4.43. The van der Waals surface area contributed by atoms with E-state index < -0.39 is 0 Å². The molecule has 0 saturated carbocycles. The Bertz CT molecular complexity index is 350. The van der Waals surface area contributed by atoms with Crippen LogP contribution in [0.2, 0.25) is 0 Å². The van der Waals surface area contributed by atoms with Crippen LogP contribution < -0.4 is 0 Å². The molecule has 0 N–H and O–H groups in total. The van der Waals surface area contributed by atoms with Gasteiger partial charge in [0, 0.05) is 10.8 Å². The standard InChI is InChI=1S/C13H16S/c1-10(2)8-9-11(3)12-6-4-5-7-13(12)14/h4-9,11,14H,1H2,2-3H3/b9-8-. The Hall–Kier alpha value is -0.950. The highest BCUT2D eigenvalue weighted by Crippen LogP contribution is 2.23. The van der Waals surface area contributed by atoms with Crippen molar-refractivity contribution in [2.75, 3.05) is 0 Å². The number of hydrogen-bond donors (Lipinski definition) is 1. The molecule has 0 aromatic heterocycles. The van der Waals surface area contributed by atoms with Crippen LogP contribution in [0.5, 0.6) is 0 Å². The maximum absolute atomic E-state index is 4.43. The monoisotopic (exact) mass is 204 g/mol. The van der Waals surface area contributed by atoms with Crippen LogP contribution in [0.1, 0.15) is 25.3 Å². The molecular weight excluding hydrogens is 188 g/mol. The molecule has 0 fully saturated rings. The van der Waals surface area contributed by atoms with Crippen molar-refractivity contribution in [3.63, 3.8) is 0 Å². The number of hydrogen-bond acceptors (Lipinski definition) is 1. The quantitative estimate of drug-likeness (QED) is 0.553. The summed E-state index contributed by atoms with van der Waals surface area (Å²) < 4.78 is 0. The highest BCUT2D eigenvalue weighted by atomic mass is 32.1. The Morgan fingerprint density at radius 2 is 2.07 bits per heavy atom. The van der Waals surface area contributed by atoms with Crippen molar-refractivity contribution in [1.29, 1.82) is 0 Å². The molecule has 1 aromatic rings. The third-order valence-corrected chi connectivity index (χ3v) is 2.50. The lowest BCUT2D eigenvalue weighted by Crippen LogP contribution is -1.90. The van der Waals surface area contributed by atoms with Crippen LogP contribution in [-0.4, -0.2) is 0 Å². The molecule has 1 atom stereocenters. The Kier molecular flexibility index (Phi) is 4.02. The summed E-state index contributed by atoms with van der Waals surface area (Å²) in [5, 5.41) is 0. The SMILES string of the molecule is C=C(C)/C=C\C(C)c1ccccc1S. The summed E-state index contributed by atoms with van der Waals surface area (Å²) >= 11 is 4.43. The Labute approximate surface area is 91.8 Å². The van der Waals surface area contributed by atoms with Gasteiger partial charge in [-0.05, 0) is 18.6 Å². The zero-order valence-corrected chi connectivity index (χ0v) is 9.59. The second-order valence-corrected chi connectivity index (χ2v) is 4.03. The molecule has 14 heavy (non-hydrogen) atoms. The van der Waals surface area contributed by atoms with E-state index in [4.69, 9.17) is 0 Å². The zero-order valence-electron chi connectivity index (χ0n) is 8.70. The summed E-state index contributed by atoms with van der Waals surface area (Å²) in [6.07, 6.45) is 4.20. The van der Waals surface area contributed by atoms with Crippen molar-refractivity contribution in [1.82, 2.24) is 0 Å². The summed E-state index contributed by atoms with van der Waals surface area (Å²) in [6.45, 7) is 7.99. The average Bonchev–Trinajstić information content (AvgIpc) is 2.15. The Morgan fingerprint density at radius 3 is 2.64 bits per heavy atom. The van der Waals surface area contributed by atoms with Crippen LogP contribution in [0, 0.1) is 0 Å². The van der Waals surface area contributed by atoms with E-state index in [0.717, 1.165) is 10.5 Å². The van der Waals surface area contributed by atoms with E-state index in [0.29, 0.717) is 5.92 Å². The number of rotatable bonds is 3. The first-order valence-corrected chi connectivity index (χ1v) is 5.17. The summed E-state index contributed by atoms with van der Waals surface area (Å²) in [5.41, 5.74) is 2.34. The normalized spacial score (nSPS) is 13.1. The van der Waals surface area contributed by atoms with Gasteiger partial charge in [-0.1, -0.05) is 49.4 Å². The minimum absolute atomic E-state index is 0.389.